The van der Waals surface area contributed by atoms with Gasteiger partial charge in [-0.15, -0.1) is 0 Å². The zero-order chi connectivity index (χ0) is 14.6. The summed E-state index contributed by atoms with van der Waals surface area (Å²) >= 11 is 0. The number of hydrogen-bond acceptors (Lipinski definition) is 3. The lowest BCUT2D eigenvalue weighted by atomic mass is 9.77. The molecular weight excluding hydrogens is 250 g/mol. The van der Waals surface area contributed by atoms with Crippen LogP contribution in [0.15, 0.2) is 24.3 Å². The van der Waals surface area contributed by atoms with Gasteiger partial charge in [0.05, 0.1) is 12.7 Å². The Labute approximate surface area is 122 Å². The minimum absolute atomic E-state index is 0.164. The summed E-state index contributed by atoms with van der Waals surface area (Å²) < 4.78 is 5.65. The molecule has 3 N–H and O–H groups in total. The van der Waals surface area contributed by atoms with Crippen LogP contribution in [-0.4, -0.2) is 18.3 Å². The van der Waals surface area contributed by atoms with Gasteiger partial charge in [-0.05, 0) is 42.9 Å². The van der Waals surface area contributed by atoms with E-state index in [0.29, 0.717) is 19.1 Å². The molecule has 3 unspecified atom stereocenters. The van der Waals surface area contributed by atoms with Gasteiger partial charge in [-0.1, -0.05) is 32.4 Å². The van der Waals surface area contributed by atoms with E-state index in [0.717, 1.165) is 37.0 Å². The predicted octanol–water partition coefficient (Wildman–Crippen LogP) is 3.27. The number of nitrogens with two attached hydrogens (primary N) is 1. The maximum Gasteiger partial charge on any atom is 0.119 e. The highest BCUT2D eigenvalue weighted by atomic mass is 16.5. The second-order valence-corrected chi connectivity index (χ2v) is 6.24. The van der Waals surface area contributed by atoms with Crippen molar-refractivity contribution in [1.82, 2.24) is 0 Å². The van der Waals surface area contributed by atoms with Crippen molar-refractivity contribution in [3.63, 3.8) is 0 Å². The third kappa shape index (κ3) is 3.15. The third-order valence-electron chi connectivity index (χ3n) is 4.52. The van der Waals surface area contributed by atoms with Gasteiger partial charge in [0, 0.05) is 12.0 Å². The zero-order valence-corrected chi connectivity index (χ0v) is 12.6. The van der Waals surface area contributed by atoms with E-state index in [9.17, 15) is 5.11 Å². The van der Waals surface area contributed by atoms with Crippen molar-refractivity contribution in [3.05, 3.63) is 29.8 Å². The highest BCUT2D eigenvalue weighted by Crippen LogP contribution is 2.49. The Morgan fingerprint density at radius 1 is 1.50 bits per heavy atom. The van der Waals surface area contributed by atoms with E-state index in [-0.39, 0.29) is 5.41 Å². The summed E-state index contributed by atoms with van der Waals surface area (Å²) in [5.41, 5.74) is 6.76. The topological polar surface area (TPSA) is 55.5 Å². The summed E-state index contributed by atoms with van der Waals surface area (Å²) in [4.78, 5) is 0. The van der Waals surface area contributed by atoms with E-state index in [4.69, 9.17) is 10.5 Å². The van der Waals surface area contributed by atoms with E-state index in [1.807, 2.05) is 24.3 Å². The largest absolute Gasteiger partial charge is 0.494 e. The molecule has 112 valence electrons. The Hall–Kier alpha value is -1.06. The Morgan fingerprint density at radius 2 is 2.30 bits per heavy atom. The van der Waals surface area contributed by atoms with Gasteiger partial charge in [-0.3, -0.25) is 0 Å². The van der Waals surface area contributed by atoms with Crippen LogP contribution < -0.4 is 10.5 Å². The first-order valence-corrected chi connectivity index (χ1v) is 7.72. The number of aliphatic hydroxyl groups excluding tert-OH is 1. The van der Waals surface area contributed by atoms with Crippen molar-refractivity contribution in [2.75, 3.05) is 13.2 Å². The quantitative estimate of drug-likeness (QED) is 0.839. The standard InChI is InChI=1S/C17H27NO2/c1-3-9-20-15-6-4-5-14(10-15)16(19)17(12-18)8-7-13(2)11-17/h4-6,10,13,16,19H,3,7-9,11-12,18H2,1-2H3. The molecule has 0 saturated heterocycles. The molecule has 1 fully saturated rings. The molecule has 0 bridgehead atoms. The van der Waals surface area contributed by atoms with Gasteiger partial charge >= 0.3 is 0 Å². The maximum absolute atomic E-state index is 10.8. The normalized spacial score (nSPS) is 27.5. The van der Waals surface area contributed by atoms with Gasteiger partial charge < -0.3 is 15.6 Å². The fourth-order valence-electron chi connectivity index (χ4n) is 3.33. The van der Waals surface area contributed by atoms with Crippen LogP contribution in [0.4, 0.5) is 0 Å². The summed E-state index contributed by atoms with van der Waals surface area (Å²) in [6.45, 7) is 5.57. The predicted molar refractivity (Wildman–Crippen MR) is 81.7 cm³/mol. The van der Waals surface area contributed by atoms with Crippen molar-refractivity contribution in [2.45, 2.75) is 45.6 Å². The first-order chi connectivity index (χ1) is 9.61. The van der Waals surface area contributed by atoms with Gasteiger partial charge in [0.15, 0.2) is 0 Å². The maximum atomic E-state index is 10.8. The first kappa shape index (κ1) is 15.3. The fourth-order valence-corrected chi connectivity index (χ4v) is 3.33. The van der Waals surface area contributed by atoms with Gasteiger partial charge in [-0.25, -0.2) is 0 Å². The Morgan fingerprint density at radius 3 is 2.90 bits per heavy atom. The number of aliphatic hydroxyl groups is 1. The van der Waals surface area contributed by atoms with Crippen LogP contribution in [0.2, 0.25) is 0 Å². The van der Waals surface area contributed by atoms with Crippen molar-refractivity contribution >= 4 is 0 Å². The molecular formula is C17H27NO2. The molecule has 1 aliphatic rings. The molecule has 20 heavy (non-hydrogen) atoms. The van der Waals surface area contributed by atoms with Crippen molar-refractivity contribution < 1.29 is 9.84 Å². The molecule has 2 rings (SSSR count). The molecule has 1 aromatic carbocycles. The Bertz CT molecular complexity index is 435. The van der Waals surface area contributed by atoms with E-state index < -0.39 is 6.10 Å². The second kappa shape index (κ2) is 6.59. The molecule has 1 aliphatic carbocycles. The average molecular weight is 277 g/mol. The van der Waals surface area contributed by atoms with E-state index in [1.54, 1.807) is 0 Å². The highest BCUT2D eigenvalue weighted by molar-refractivity contribution is 5.31. The number of hydrogen-bond donors (Lipinski definition) is 2. The summed E-state index contributed by atoms with van der Waals surface area (Å²) in [7, 11) is 0. The van der Waals surface area contributed by atoms with Gasteiger partial charge in [0.2, 0.25) is 0 Å². The van der Waals surface area contributed by atoms with Crippen LogP contribution in [0.1, 0.15) is 51.2 Å². The summed E-state index contributed by atoms with van der Waals surface area (Å²) in [6, 6.07) is 7.83. The number of benzene rings is 1. The fraction of sp³-hybridized carbons (Fsp3) is 0.647. The average Bonchev–Trinajstić information content (AvgIpc) is 2.87. The lowest BCUT2D eigenvalue weighted by Gasteiger charge is -2.33. The first-order valence-electron chi connectivity index (χ1n) is 7.72. The van der Waals surface area contributed by atoms with Crippen molar-refractivity contribution in [3.8, 4) is 5.75 Å². The highest BCUT2D eigenvalue weighted by Gasteiger charge is 2.42. The number of ether oxygens (including phenoxy) is 1. The van der Waals surface area contributed by atoms with E-state index in [2.05, 4.69) is 13.8 Å². The smallest absolute Gasteiger partial charge is 0.119 e. The summed E-state index contributed by atoms with van der Waals surface area (Å²) in [5.74, 6) is 1.48. The molecule has 0 aromatic heterocycles. The van der Waals surface area contributed by atoms with E-state index >= 15 is 0 Å². The van der Waals surface area contributed by atoms with Crippen LogP contribution >= 0.6 is 0 Å². The molecule has 3 atom stereocenters. The Balaban J connectivity index is 2.17. The molecule has 3 nitrogen and oxygen atoms in total. The molecule has 1 saturated carbocycles. The summed E-state index contributed by atoms with van der Waals surface area (Å²) in [5, 5.41) is 10.8. The molecule has 3 heteroatoms. The van der Waals surface area contributed by atoms with Crippen LogP contribution in [-0.2, 0) is 0 Å². The van der Waals surface area contributed by atoms with Gasteiger partial charge in [0.1, 0.15) is 5.75 Å². The van der Waals surface area contributed by atoms with Crippen molar-refractivity contribution in [2.24, 2.45) is 17.1 Å². The molecule has 0 heterocycles. The van der Waals surface area contributed by atoms with Gasteiger partial charge in [-0.2, -0.15) is 0 Å². The molecule has 0 spiro atoms. The second-order valence-electron chi connectivity index (χ2n) is 6.24. The minimum atomic E-state index is -0.498. The van der Waals surface area contributed by atoms with Crippen LogP contribution in [0.3, 0.4) is 0 Å². The van der Waals surface area contributed by atoms with E-state index in [1.165, 1.54) is 0 Å². The lowest BCUT2D eigenvalue weighted by molar-refractivity contribution is 0.0306. The molecule has 0 radical (unpaired) electrons. The lowest BCUT2D eigenvalue weighted by Crippen LogP contribution is -2.34. The van der Waals surface area contributed by atoms with Crippen LogP contribution in [0.5, 0.6) is 5.75 Å². The van der Waals surface area contributed by atoms with Crippen molar-refractivity contribution in [1.29, 1.82) is 0 Å². The monoisotopic (exact) mass is 277 g/mol. The van der Waals surface area contributed by atoms with Crippen LogP contribution in [0, 0.1) is 11.3 Å². The molecule has 0 amide bonds. The van der Waals surface area contributed by atoms with Crippen LogP contribution in [0.25, 0.3) is 0 Å². The minimum Gasteiger partial charge on any atom is -0.494 e. The third-order valence-corrected chi connectivity index (χ3v) is 4.52. The van der Waals surface area contributed by atoms with Gasteiger partial charge in [0.25, 0.3) is 0 Å². The number of rotatable bonds is 6. The Kier molecular flexibility index (Phi) is 5.06. The molecule has 1 aromatic rings. The zero-order valence-electron chi connectivity index (χ0n) is 12.6. The summed E-state index contributed by atoms with van der Waals surface area (Å²) in [6.07, 6.45) is 3.65. The SMILES string of the molecule is CCCOc1cccc(C(O)C2(CN)CCC(C)C2)c1. The molecule has 0 aliphatic heterocycles.